The minimum Gasteiger partial charge on any atom is -0.497 e. The normalized spacial score (nSPS) is 16.6. The minimum absolute atomic E-state index is 0.0285. The van der Waals surface area contributed by atoms with E-state index in [1.165, 1.54) is 7.11 Å². The molecule has 0 atom stereocenters. The van der Waals surface area contributed by atoms with Crippen molar-refractivity contribution in [2.75, 3.05) is 32.2 Å². The third kappa shape index (κ3) is 4.44. The van der Waals surface area contributed by atoms with Crippen LogP contribution in [-0.2, 0) is 14.3 Å². The maximum Gasteiger partial charge on any atom is 0.313 e. The van der Waals surface area contributed by atoms with Crippen LogP contribution in [0.25, 0.3) is 0 Å². The number of carbonyl (C=O) groups excluding carboxylic acids is 2. The smallest absolute Gasteiger partial charge is 0.313 e. The van der Waals surface area contributed by atoms with Gasteiger partial charge in [-0.3, -0.25) is 9.59 Å². The van der Waals surface area contributed by atoms with Crippen LogP contribution < -0.4 is 15.4 Å². The van der Waals surface area contributed by atoms with Gasteiger partial charge in [0.2, 0.25) is 0 Å². The van der Waals surface area contributed by atoms with E-state index in [1.54, 1.807) is 24.3 Å². The van der Waals surface area contributed by atoms with E-state index in [9.17, 15) is 14.7 Å². The molecular weight excluding hydrogens is 288 g/mol. The maximum absolute atomic E-state index is 11.8. The summed E-state index contributed by atoms with van der Waals surface area (Å²) in [6, 6.07) is 6.70. The lowest BCUT2D eigenvalue weighted by Crippen LogP contribution is -2.48. The number of rotatable bonds is 4. The molecule has 0 aliphatic carbocycles. The van der Waals surface area contributed by atoms with E-state index in [2.05, 4.69) is 10.6 Å². The summed E-state index contributed by atoms with van der Waals surface area (Å²) in [6.45, 7) is 0.922. The number of hydrogen-bond acceptors (Lipinski definition) is 5. The molecule has 2 amide bonds. The molecule has 1 aromatic rings. The number of ether oxygens (including phenoxy) is 2. The van der Waals surface area contributed by atoms with Gasteiger partial charge in [0.05, 0.1) is 12.7 Å². The number of methoxy groups -OCH3 is 1. The molecule has 7 heteroatoms. The SMILES string of the molecule is COc1cccc(NC(=O)C(=O)NCC2(O)CCOCC2)c1. The zero-order valence-corrected chi connectivity index (χ0v) is 12.4. The van der Waals surface area contributed by atoms with E-state index in [-0.39, 0.29) is 6.54 Å². The Kier molecular flexibility index (Phi) is 5.35. The largest absolute Gasteiger partial charge is 0.497 e. The van der Waals surface area contributed by atoms with Crippen LogP contribution in [0.2, 0.25) is 0 Å². The quantitative estimate of drug-likeness (QED) is 0.695. The molecule has 0 bridgehead atoms. The number of benzene rings is 1. The molecule has 22 heavy (non-hydrogen) atoms. The lowest BCUT2D eigenvalue weighted by atomic mass is 9.94. The van der Waals surface area contributed by atoms with Crippen LogP contribution in [0.5, 0.6) is 5.75 Å². The van der Waals surface area contributed by atoms with E-state index in [1.807, 2.05) is 0 Å². The first kappa shape index (κ1) is 16.3. The van der Waals surface area contributed by atoms with Crippen LogP contribution in [0.15, 0.2) is 24.3 Å². The zero-order valence-electron chi connectivity index (χ0n) is 12.4. The van der Waals surface area contributed by atoms with Gasteiger partial charge in [-0.2, -0.15) is 0 Å². The highest BCUT2D eigenvalue weighted by molar-refractivity contribution is 6.39. The first-order valence-electron chi connectivity index (χ1n) is 7.06. The number of carbonyl (C=O) groups is 2. The average molecular weight is 308 g/mol. The molecule has 1 saturated heterocycles. The second-order valence-electron chi connectivity index (χ2n) is 5.21. The molecule has 1 aliphatic rings. The lowest BCUT2D eigenvalue weighted by molar-refractivity contribution is -0.137. The molecule has 2 rings (SSSR count). The van der Waals surface area contributed by atoms with Crippen molar-refractivity contribution in [1.82, 2.24) is 5.32 Å². The lowest BCUT2D eigenvalue weighted by Gasteiger charge is -2.31. The molecule has 0 radical (unpaired) electrons. The van der Waals surface area contributed by atoms with Crippen LogP contribution in [0, 0.1) is 0 Å². The zero-order chi connectivity index (χ0) is 16.0. The summed E-state index contributed by atoms with van der Waals surface area (Å²) in [6.07, 6.45) is 0.871. The Morgan fingerprint density at radius 2 is 2.05 bits per heavy atom. The van der Waals surface area contributed by atoms with Gasteiger partial charge in [0.15, 0.2) is 0 Å². The Morgan fingerprint density at radius 1 is 1.32 bits per heavy atom. The standard InChI is InChI=1S/C15H20N2O5/c1-21-12-4-2-3-11(9-12)17-14(19)13(18)16-10-15(20)5-7-22-8-6-15/h2-4,9,20H,5-8,10H2,1H3,(H,16,18)(H,17,19). The molecule has 1 aliphatic heterocycles. The molecule has 0 unspecified atom stereocenters. The van der Waals surface area contributed by atoms with Crippen molar-refractivity contribution in [3.63, 3.8) is 0 Å². The van der Waals surface area contributed by atoms with Crippen molar-refractivity contribution in [3.05, 3.63) is 24.3 Å². The molecule has 1 fully saturated rings. The second-order valence-corrected chi connectivity index (χ2v) is 5.21. The number of aliphatic hydroxyl groups is 1. The molecule has 3 N–H and O–H groups in total. The maximum atomic E-state index is 11.8. The molecule has 1 heterocycles. The fourth-order valence-electron chi connectivity index (χ4n) is 2.14. The van der Waals surface area contributed by atoms with Gasteiger partial charge < -0.3 is 25.2 Å². The topological polar surface area (TPSA) is 96.9 Å². The average Bonchev–Trinajstić information content (AvgIpc) is 2.53. The second kappa shape index (κ2) is 7.24. The molecule has 1 aromatic carbocycles. The molecule has 0 spiro atoms. The van der Waals surface area contributed by atoms with Crippen LogP contribution >= 0.6 is 0 Å². The summed E-state index contributed by atoms with van der Waals surface area (Å²) < 4.78 is 10.2. The van der Waals surface area contributed by atoms with Crippen molar-refractivity contribution in [2.45, 2.75) is 18.4 Å². The Morgan fingerprint density at radius 3 is 2.73 bits per heavy atom. The number of nitrogens with one attached hydrogen (secondary N) is 2. The summed E-state index contributed by atoms with van der Waals surface area (Å²) in [5, 5.41) is 15.2. The molecule has 0 aromatic heterocycles. The fraction of sp³-hybridized carbons (Fsp3) is 0.467. The minimum atomic E-state index is -1.01. The van der Waals surface area contributed by atoms with Gasteiger partial charge in [-0.1, -0.05) is 6.07 Å². The summed E-state index contributed by atoms with van der Waals surface area (Å²) >= 11 is 0. The van der Waals surface area contributed by atoms with Crippen molar-refractivity contribution in [2.24, 2.45) is 0 Å². The van der Waals surface area contributed by atoms with E-state index in [0.717, 1.165) is 0 Å². The number of hydrogen-bond donors (Lipinski definition) is 3. The molecule has 0 saturated carbocycles. The van der Waals surface area contributed by atoms with Gasteiger partial charge in [0, 0.05) is 44.4 Å². The third-order valence-corrected chi connectivity index (χ3v) is 3.54. The monoisotopic (exact) mass is 308 g/mol. The van der Waals surface area contributed by atoms with E-state index in [0.29, 0.717) is 37.5 Å². The van der Waals surface area contributed by atoms with Gasteiger partial charge in [-0.05, 0) is 12.1 Å². The summed E-state index contributed by atoms with van der Waals surface area (Å²) in [5.41, 5.74) is -0.547. The summed E-state index contributed by atoms with van der Waals surface area (Å²) in [4.78, 5) is 23.6. The highest BCUT2D eigenvalue weighted by atomic mass is 16.5. The van der Waals surface area contributed by atoms with Gasteiger partial charge in [-0.25, -0.2) is 0 Å². The predicted molar refractivity (Wildman–Crippen MR) is 79.6 cm³/mol. The van der Waals surface area contributed by atoms with Crippen LogP contribution in [0.4, 0.5) is 5.69 Å². The summed E-state index contributed by atoms with van der Waals surface area (Å²) in [5.74, 6) is -0.999. The van der Waals surface area contributed by atoms with Gasteiger partial charge >= 0.3 is 11.8 Å². The first-order valence-corrected chi connectivity index (χ1v) is 7.06. The number of amides is 2. The fourth-order valence-corrected chi connectivity index (χ4v) is 2.14. The van der Waals surface area contributed by atoms with Crippen LogP contribution in [-0.4, -0.2) is 49.4 Å². The van der Waals surface area contributed by atoms with Crippen LogP contribution in [0.1, 0.15) is 12.8 Å². The van der Waals surface area contributed by atoms with Gasteiger partial charge in [0.1, 0.15) is 5.75 Å². The van der Waals surface area contributed by atoms with E-state index >= 15 is 0 Å². The van der Waals surface area contributed by atoms with E-state index in [4.69, 9.17) is 9.47 Å². The highest BCUT2D eigenvalue weighted by Gasteiger charge is 2.30. The molecular formula is C15H20N2O5. The molecule has 7 nitrogen and oxygen atoms in total. The van der Waals surface area contributed by atoms with E-state index < -0.39 is 17.4 Å². The summed E-state index contributed by atoms with van der Waals surface area (Å²) in [7, 11) is 1.52. The van der Waals surface area contributed by atoms with Crippen molar-refractivity contribution in [3.8, 4) is 5.75 Å². The van der Waals surface area contributed by atoms with Crippen molar-refractivity contribution < 1.29 is 24.2 Å². The first-order chi connectivity index (χ1) is 10.5. The number of anilines is 1. The van der Waals surface area contributed by atoms with Crippen molar-refractivity contribution >= 4 is 17.5 Å². The Balaban J connectivity index is 1.85. The van der Waals surface area contributed by atoms with Crippen LogP contribution in [0.3, 0.4) is 0 Å². The predicted octanol–water partition coefficient (Wildman–Crippen LogP) is 0.291. The van der Waals surface area contributed by atoms with Crippen molar-refractivity contribution in [1.29, 1.82) is 0 Å². The van der Waals surface area contributed by atoms with Gasteiger partial charge in [-0.15, -0.1) is 0 Å². The molecule has 120 valence electrons. The van der Waals surface area contributed by atoms with Gasteiger partial charge in [0.25, 0.3) is 0 Å². The Labute approximate surface area is 128 Å². The third-order valence-electron chi connectivity index (χ3n) is 3.54. The highest BCUT2D eigenvalue weighted by Crippen LogP contribution is 2.19. The Bertz CT molecular complexity index is 540. The Hall–Kier alpha value is -2.12.